The summed E-state index contributed by atoms with van der Waals surface area (Å²) in [6, 6.07) is 0. The molecule has 64 heavy (non-hydrogen) atoms. The molecule has 0 amide bonds. The van der Waals surface area contributed by atoms with Crippen LogP contribution < -0.4 is 0 Å². The number of esters is 2. The first-order valence-corrected chi connectivity index (χ1v) is 27.5. The maximum Gasteiger partial charge on any atom is 0.472 e. The lowest BCUT2D eigenvalue weighted by Crippen LogP contribution is -2.37. The Morgan fingerprint density at radius 3 is 1.31 bits per heavy atom. The van der Waals surface area contributed by atoms with E-state index in [9.17, 15) is 19.0 Å². The molecule has 0 aliphatic rings. The van der Waals surface area contributed by atoms with Gasteiger partial charge in [0.15, 0.2) is 6.10 Å². The van der Waals surface area contributed by atoms with Crippen LogP contribution in [-0.4, -0.2) is 74.9 Å². The van der Waals surface area contributed by atoms with E-state index in [0.717, 1.165) is 38.5 Å². The molecule has 0 saturated carbocycles. The molecular formula is C54H99NO8P+. The number of phosphoric ester groups is 1. The van der Waals surface area contributed by atoms with E-state index in [1.165, 1.54) is 141 Å². The number of likely N-dealkylation sites (N-methyl/N-ethyl adjacent to an activating group) is 1. The molecule has 0 bridgehead atoms. The topological polar surface area (TPSA) is 108 Å². The third-order valence-corrected chi connectivity index (χ3v) is 12.0. The summed E-state index contributed by atoms with van der Waals surface area (Å²) in [5.74, 6) is -0.889. The molecule has 0 aromatic rings. The molecule has 10 heteroatoms. The first kappa shape index (κ1) is 61.7. The lowest BCUT2D eigenvalue weighted by atomic mass is 10.0. The Morgan fingerprint density at radius 1 is 0.484 bits per heavy atom. The monoisotopic (exact) mass is 921 g/mol. The highest BCUT2D eigenvalue weighted by molar-refractivity contribution is 7.47. The van der Waals surface area contributed by atoms with Crippen LogP contribution in [0.4, 0.5) is 0 Å². The zero-order chi connectivity index (χ0) is 47.1. The Kier molecular flexibility index (Phi) is 44.2. The first-order valence-electron chi connectivity index (χ1n) is 26.0. The van der Waals surface area contributed by atoms with Gasteiger partial charge in [0.25, 0.3) is 0 Å². The van der Waals surface area contributed by atoms with Crippen molar-refractivity contribution in [3.05, 3.63) is 60.8 Å². The lowest BCUT2D eigenvalue weighted by Gasteiger charge is -2.24. The summed E-state index contributed by atoms with van der Waals surface area (Å²) >= 11 is 0. The largest absolute Gasteiger partial charge is 0.472 e. The van der Waals surface area contributed by atoms with E-state index < -0.39 is 32.5 Å². The summed E-state index contributed by atoms with van der Waals surface area (Å²) in [5, 5.41) is 0. The van der Waals surface area contributed by atoms with Crippen LogP contribution in [-0.2, 0) is 32.7 Å². The van der Waals surface area contributed by atoms with E-state index >= 15 is 0 Å². The zero-order valence-corrected chi connectivity index (χ0v) is 42.9. The molecule has 1 N–H and O–H groups in total. The maximum atomic E-state index is 12.8. The molecule has 0 saturated heterocycles. The van der Waals surface area contributed by atoms with E-state index in [-0.39, 0.29) is 26.1 Å². The summed E-state index contributed by atoms with van der Waals surface area (Å²) in [5.41, 5.74) is 0. The normalized spacial score (nSPS) is 13.9. The van der Waals surface area contributed by atoms with Crippen molar-refractivity contribution in [1.29, 1.82) is 0 Å². The van der Waals surface area contributed by atoms with Crippen LogP contribution in [0.2, 0.25) is 0 Å². The summed E-state index contributed by atoms with van der Waals surface area (Å²) in [6.07, 6.45) is 57.2. The minimum atomic E-state index is -4.40. The Labute approximate surface area is 394 Å². The van der Waals surface area contributed by atoms with Gasteiger partial charge in [-0.05, 0) is 51.4 Å². The van der Waals surface area contributed by atoms with E-state index in [2.05, 4.69) is 62.5 Å². The van der Waals surface area contributed by atoms with Crippen molar-refractivity contribution in [1.82, 2.24) is 0 Å². The summed E-state index contributed by atoms with van der Waals surface area (Å²) in [7, 11) is 1.44. The molecule has 0 aromatic heterocycles. The second-order valence-corrected chi connectivity index (χ2v) is 20.0. The van der Waals surface area contributed by atoms with Gasteiger partial charge >= 0.3 is 19.8 Å². The van der Waals surface area contributed by atoms with Crippen LogP contribution in [0.25, 0.3) is 0 Å². The molecule has 0 radical (unpaired) electrons. The fraction of sp³-hybridized carbons (Fsp3) is 0.778. The van der Waals surface area contributed by atoms with Gasteiger partial charge in [0.2, 0.25) is 0 Å². The van der Waals surface area contributed by atoms with Crippen LogP contribution in [0.1, 0.15) is 219 Å². The highest BCUT2D eigenvalue weighted by Crippen LogP contribution is 2.43. The molecule has 0 heterocycles. The SMILES string of the molecule is CCCCC/C=C/C/C=C/C/C=C/C/C=C/C/C=C/CCC(=O)OC[C@H](COP(=O)(O)OCC[N+](C)(C)C)OC(=O)CCCCCCCCCCCCCCCCCCCCCCC. The third kappa shape index (κ3) is 49.2. The maximum absolute atomic E-state index is 12.8. The van der Waals surface area contributed by atoms with Gasteiger partial charge in [0.05, 0.1) is 27.7 Å². The second-order valence-electron chi connectivity index (χ2n) is 18.6. The van der Waals surface area contributed by atoms with Gasteiger partial charge in [0.1, 0.15) is 19.8 Å². The minimum Gasteiger partial charge on any atom is -0.462 e. The molecule has 0 aliphatic carbocycles. The lowest BCUT2D eigenvalue weighted by molar-refractivity contribution is -0.870. The second kappa shape index (κ2) is 45.8. The number of unbranched alkanes of at least 4 members (excludes halogenated alkanes) is 23. The number of carbonyl (C=O) groups is 2. The molecule has 1 unspecified atom stereocenters. The van der Waals surface area contributed by atoms with Gasteiger partial charge < -0.3 is 18.9 Å². The van der Waals surface area contributed by atoms with Crippen LogP contribution in [0.3, 0.4) is 0 Å². The van der Waals surface area contributed by atoms with Gasteiger partial charge in [-0.1, -0.05) is 216 Å². The average molecular weight is 921 g/mol. The van der Waals surface area contributed by atoms with Crippen molar-refractivity contribution < 1.29 is 42.1 Å². The van der Waals surface area contributed by atoms with Crippen LogP contribution in [0, 0.1) is 0 Å². The number of quaternary nitrogens is 1. The van der Waals surface area contributed by atoms with Gasteiger partial charge in [-0.3, -0.25) is 18.6 Å². The van der Waals surface area contributed by atoms with Crippen molar-refractivity contribution in [2.45, 2.75) is 225 Å². The third-order valence-electron chi connectivity index (χ3n) is 11.1. The minimum absolute atomic E-state index is 0.0200. The molecule has 372 valence electrons. The number of nitrogens with zero attached hydrogens (tertiary/aromatic N) is 1. The number of allylic oxidation sites excluding steroid dienone is 10. The Bertz CT molecular complexity index is 1270. The number of phosphoric acid groups is 1. The molecule has 0 aliphatic heterocycles. The fourth-order valence-electron chi connectivity index (χ4n) is 7.00. The molecule has 0 fully saturated rings. The Balaban J connectivity index is 4.33. The number of rotatable bonds is 47. The molecule has 0 aromatic carbocycles. The predicted molar refractivity (Wildman–Crippen MR) is 270 cm³/mol. The Morgan fingerprint density at radius 2 is 0.875 bits per heavy atom. The highest BCUT2D eigenvalue weighted by Gasteiger charge is 2.27. The Hall–Kier alpha value is -2.29. The molecular weight excluding hydrogens is 822 g/mol. The van der Waals surface area contributed by atoms with E-state index in [1.54, 1.807) is 0 Å². The van der Waals surface area contributed by atoms with E-state index in [0.29, 0.717) is 23.9 Å². The van der Waals surface area contributed by atoms with Gasteiger partial charge in [0, 0.05) is 12.8 Å². The van der Waals surface area contributed by atoms with Crippen molar-refractivity contribution >= 4 is 19.8 Å². The summed E-state index contributed by atoms with van der Waals surface area (Å²) in [6.45, 7) is 4.34. The average Bonchev–Trinajstić information content (AvgIpc) is 3.25. The van der Waals surface area contributed by atoms with E-state index in [1.807, 2.05) is 33.3 Å². The first-order chi connectivity index (χ1) is 31.0. The molecule has 0 rings (SSSR count). The number of hydrogen-bond donors (Lipinski definition) is 1. The molecule has 9 nitrogen and oxygen atoms in total. The quantitative estimate of drug-likeness (QED) is 0.0211. The van der Waals surface area contributed by atoms with Crippen molar-refractivity contribution in [2.24, 2.45) is 0 Å². The summed E-state index contributed by atoms with van der Waals surface area (Å²) < 4.78 is 34.4. The standard InChI is InChI=1S/C54H98NO8P/c1-6-8-10-12-14-16-18-20-22-24-26-27-29-31-33-35-37-39-41-43-45-47-54(57)63-52(51-62-64(58,59)61-49-48-55(3,4)5)50-60-53(56)46-44-42-40-38-36-34-32-30-28-25-23-21-19-17-15-13-11-9-7-2/h15,17,21,23,28,30,34,36,40,42,52H,6-14,16,18-20,22,24-27,29,31-33,35,37-39,41,43-51H2,1-5H3/p+1/b17-15+,23-21+,30-28+,36-34+,42-40+/t52-/m1/s1. The smallest absolute Gasteiger partial charge is 0.462 e. The highest BCUT2D eigenvalue weighted by atomic mass is 31.2. The van der Waals surface area contributed by atoms with Gasteiger partial charge in [-0.2, -0.15) is 0 Å². The fourth-order valence-corrected chi connectivity index (χ4v) is 7.74. The van der Waals surface area contributed by atoms with Crippen molar-refractivity contribution in [3.63, 3.8) is 0 Å². The van der Waals surface area contributed by atoms with Crippen LogP contribution in [0.5, 0.6) is 0 Å². The van der Waals surface area contributed by atoms with Crippen LogP contribution in [0.15, 0.2) is 60.8 Å². The van der Waals surface area contributed by atoms with Gasteiger partial charge in [-0.25, -0.2) is 4.57 Å². The number of hydrogen-bond acceptors (Lipinski definition) is 7. The number of carbonyl (C=O) groups excluding carboxylic acids is 2. The van der Waals surface area contributed by atoms with E-state index in [4.69, 9.17) is 18.5 Å². The summed E-state index contributed by atoms with van der Waals surface area (Å²) in [4.78, 5) is 35.5. The van der Waals surface area contributed by atoms with Crippen molar-refractivity contribution in [3.8, 4) is 0 Å². The van der Waals surface area contributed by atoms with Crippen molar-refractivity contribution in [2.75, 3.05) is 47.5 Å². The zero-order valence-electron chi connectivity index (χ0n) is 42.0. The van der Waals surface area contributed by atoms with Crippen LogP contribution >= 0.6 is 7.82 Å². The number of ether oxygens (including phenoxy) is 2. The molecule has 2 atom stereocenters. The predicted octanol–water partition coefficient (Wildman–Crippen LogP) is 15.6. The molecule has 0 spiro atoms. The van der Waals surface area contributed by atoms with Gasteiger partial charge in [-0.15, -0.1) is 0 Å².